The normalized spacial score (nSPS) is 12.0. The first-order chi connectivity index (χ1) is 11.8. The largest absolute Gasteiger partial charge is 0.480 e. The molecular weight excluding hydrogens is 426 g/mol. The molecule has 0 saturated carbocycles. The third kappa shape index (κ3) is 5.33. The Morgan fingerprint density at radius 1 is 1.36 bits per heavy atom. The highest BCUT2D eigenvalue weighted by Crippen LogP contribution is 2.30. The Hall–Kier alpha value is -1.31. The Morgan fingerprint density at radius 2 is 2.08 bits per heavy atom. The molecule has 0 saturated heterocycles. The highest BCUT2D eigenvalue weighted by atomic mass is 79.9. The molecular formula is C17H19BrClN3O2S. The van der Waals surface area contributed by atoms with Crippen molar-refractivity contribution in [2.24, 2.45) is 0 Å². The summed E-state index contributed by atoms with van der Waals surface area (Å²) in [4.78, 5) is 19.9. The predicted octanol–water partition coefficient (Wildman–Crippen LogP) is 5.60. The second-order valence-corrected chi connectivity index (χ2v) is 7.97. The van der Waals surface area contributed by atoms with Crippen molar-refractivity contribution < 1.29 is 9.90 Å². The molecule has 8 heteroatoms. The number of aromatic nitrogens is 2. The third-order valence-electron chi connectivity index (χ3n) is 3.73. The minimum Gasteiger partial charge on any atom is -0.480 e. The van der Waals surface area contributed by atoms with Crippen LogP contribution in [-0.4, -0.2) is 26.3 Å². The van der Waals surface area contributed by atoms with Gasteiger partial charge in [0, 0.05) is 16.2 Å². The van der Waals surface area contributed by atoms with Gasteiger partial charge in [0.25, 0.3) is 0 Å². The van der Waals surface area contributed by atoms with Crippen LogP contribution in [0.15, 0.2) is 27.8 Å². The predicted molar refractivity (Wildman–Crippen MR) is 106 cm³/mol. The second kappa shape index (κ2) is 8.87. The number of rotatable bonds is 7. The zero-order valence-electron chi connectivity index (χ0n) is 14.1. The SMILES string of the molecule is CCCC(Sc1nc(Cl)cc(Nc2ccc(Br)c(C)c2C)n1)C(=O)O. The molecule has 134 valence electrons. The van der Waals surface area contributed by atoms with Crippen LogP contribution in [-0.2, 0) is 4.79 Å². The lowest BCUT2D eigenvalue weighted by Gasteiger charge is -2.14. The first-order valence-corrected chi connectivity index (χ1v) is 9.83. The van der Waals surface area contributed by atoms with Gasteiger partial charge in [-0.2, -0.15) is 0 Å². The van der Waals surface area contributed by atoms with E-state index in [-0.39, 0.29) is 5.15 Å². The van der Waals surface area contributed by atoms with Gasteiger partial charge in [0.15, 0.2) is 5.16 Å². The van der Waals surface area contributed by atoms with Crippen molar-refractivity contribution in [3.05, 3.63) is 39.0 Å². The van der Waals surface area contributed by atoms with E-state index in [0.717, 1.165) is 39.5 Å². The molecule has 0 bridgehead atoms. The molecule has 1 atom stereocenters. The summed E-state index contributed by atoms with van der Waals surface area (Å²) >= 11 is 10.7. The first-order valence-electron chi connectivity index (χ1n) is 7.78. The number of benzene rings is 1. The Morgan fingerprint density at radius 3 is 2.72 bits per heavy atom. The zero-order chi connectivity index (χ0) is 18.6. The van der Waals surface area contributed by atoms with Gasteiger partial charge in [0.2, 0.25) is 0 Å². The summed E-state index contributed by atoms with van der Waals surface area (Å²) in [5.41, 5.74) is 3.14. The molecule has 0 radical (unpaired) electrons. The molecule has 1 aromatic heterocycles. The minimum atomic E-state index is -0.871. The Labute approximate surface area is 164 Å². The van der Waals surface area contributed by atoms with Crippen LogP contribution in [0.4, 0.5) is 11.5 Å². The van der Waals surface area contributed by atoms with Crippen LogP contribution < -0.4 is 5.32 Å². The van der Waals surface area contributed by atoms with Crippen LogP contribution in [0.2, 0.25) is 5.15 Å². The van der Waals surface area contributed by atoms with Crippen LogP contribution >= 0.6 is 39.3 Å². The molecule has 2 aromatic rings. The van der Waals surface area contributed by atoms with Crippen molar-refractivity contribution in [1.29, 1.82) is 0 Å². The molecule has 0 aliphatic rings. The maximum atomic E-state index is 11.3. The lowest BCUT2D eigenvalue weighted by molar-refractivity contribution is -0.136. The Balaban J connectivity index is 2.27. The average molecular weight is 445 g/mol. The summed E-state index contributed by atoms with van der Waals surface area (Å²) < 4.78 is 1.04. The summed E-state index contributed by atoms with van der Waals surface area (Å²) in [6.07, 6.45) is 1.32. The molecule has 0 amide bonds. The number of carboxylic acid groups (broad SMARTS) is 1. The Bertz CT molecular complexity index is 789. The smallest absolute Gasteiger partial charge is 0.317 e. The van der Waals surface area contributed by atoms with E-state index in [1.54, 1.807) is 6.07 Å². The van der Waals surface area contributed by atoms with E-state index in [4.69, 9.17) is 11.6 Å². The van der Waals surface area contributed by atoms with Crippen molar-refractivity contribution in [2.45, 2.75) is 44.0 Å². The molecule has 0 aliphatic carbocycles. The van der Waals surface area contributed by atoms with E-state index in [2.05, 4.69) is 31.2 Å². The molecule has 0 fully saturated rings. The number of carbonyl (C=O) groups is 1. The van der Waals surface area contributed by atoms with Gasteiger partial charge in [-0.1, -0.05) is 52.6 Å². The maximum Gasteiger partial charge on any atom is 0.317 e. The number of hydrogen-bond donors (Lipinski definition) is 2. The number of nitrogens with one attached hydrogen (secondary N) is 1. The average Bonchev–Trinajstić information content (AvgIpc) is 2.54. The van der Waals surface area contributed by atoms with E-state index in [0.29, 0.717) is 17.4 Å². The molecule has 1 unspecified atom stereocenters. The Kier molecular flexibility index (Phi) is 7.10. The number of halogens is 2. The lowest BCUT2D eigenvalue weighted by Crippen LogP contribution is -2.16. The van der Waals surface area contributed by atoms with Gasteiger partial charge in [0.05, 0.1) is 0 Å². The van der Waals surface area contributed by atoms with Crippen LogP contribution in [0.1, 0.15) is 30.9 Å². The molecule has 2 rings (SSSR count). The van der Waals surface area contributed by atoms with Gasteiger partial charge in [-0.15, -0.1) is 0 Å². The van der Waals surface area contributed by atoms with E-state index in [1.165, 1.54) is 0 Å². The number of hydrogen-bond acceptors (Lipinski definition) is 5. The van der Waals surface area contributed by atoms with E-state index < -0.39 is 11.2 Å². The third-order valence-corrected chi connectivity index (χ3v) is 5.90. The van der Waals surface area contributed by atoms with Crippen molar-refractivity contribution in [1.82, 2.24) is 9.97 Å². The summed E-state index contributed by atoms with van der Waals surface area (Å²) in [5.74, 6) is -0.336. The van der Waals surface area contributed by atoms with E-state index in [9.17, 15) is 9.90 Å². The van der Waals surface area contributed by atoms with E-state index >= 15 is 0 Å². The number of thioether (sulfide) groups is 1. The molecule has 1 heterocycles. The molecule has 0 spiro atoms. The number of anilines is 2. The van der Waals surface area contributed by atoms with Crippen LogP contribution in [0, 0.1) is 13.8 Å². The van der Waals surface area contributed by atoms with Crippen molar-refractivity contribution in [3.63, 3.8) is 0 Å². The summed E-state index contributed by atoms with van der Waals surface area (Å²) in [6.45, 7) is 5.99. The molecule has 5 nitrogen and oxygen atoms in total. The number of aliphatic carboxylic acids is 1. The fraction of sp³-hybridized carbons (Fsp3) is 0.353. The van der Waals surface area contributed by atoms with Crippen molar-refractivity contribution in [3.8, 4) is 0 Å². The van der Waals surface area contributed by atoms with Crippen molar-refractivity contribution in [2.75, 3.05) is 5.32 Å². The minimum absolute atomic E-state index is 0.270. The van der Waals surface area contributed by atoms with Crippen molar-refractivity contribution >= 4 is 56.8 Å². The van der Waals surface area contributed by atoms with Gasteiger partial charge in [0.1, 0.15) is 16.2 Å². The van der Waals surface area contributed by atoms with Gasteiger partial charge in [-0.25, -0.2) is 9.97 Å². The monoisotopic (exact) mass is 443 g/mol. The van der Waals surface area contributed by atoms with Gasteiger partial charge >= 0.3 is 5.97 Å². The highest BCUT2D eigenvalue weighted by Gasteiger charge is 2.20. The van der Waals surface area contributed by atoms with Gasteiger partial charge in [-0.3, -0.25) is 4.79 Å². The summed E-state index contributed by atoms with van der Waals surface area (Å²) in [7, 11) is 0. The summed E-state index contributed by atoms with van der Waals surface area (Å²) in [5, 5.41) is 12.6. The lowest BCUT2D eigenvalue weighted by atomic mass is 10.1. The first kappa shape index (κ1) is 20.0. The standard InChI is InChI=1S/C17H19BrClN3O2S/c1-4-5-13(16(23)24)25-17-21-14(19)8-15(22-17)20-12-7-6-11(18)9(2)10(12)3/h6-8,13H,4-5H2,1-3H3,(H,23,24)(H,20,21,22). The van der Waals surface area contributed by atoms with E-state index in [1.807, 2.05) is 32.9 Å². The zero-order valence-corrected chi connectivity index (χ0v) is 17.3. The summed E-state index contributed by atoms with van der Waals surface area (Å²) in [6, 6.07) is 5.54. The number of nitrogens with zero attached hydrogens (tertiary/aromatic N) is 2. The maximum absolute atomic E-state index is 11.3. The second-order valence-electron chi connectivity index (χ2n) is 5.56. The fourth-order valence-corrected chi connectivity index (χ4v) is 3.87. The van der Waals surface area contributed by atoms with Gasteiger partial charge in [-0.05, 0) is 43.5 Å². The highest BCUT2D eigenvalue weighted by molar-refractivity contribution is 9.10. The molecule has 1 aromatic carbocycles. The van der Waals surface area contributed by atoms with Crippen LogP contribution in [0.3, 0.4) is 0 Å². The molecule has 2 N–H and O–H groups in total. The van der Waals surface area contributed by atoms with Crippen LogP contribution in [0.25, 0.3) is 0 Å². The molecule has 25 heavy (non-hydrogen) atoms. The fourth-order valence-electron chi connectivity index (χ4n) is 2.20. The topological polar surface area (TPSA) is 75.1 Å². The van der Waals surface area contributed by atoms with Crippen LogP contribution in [0.5, 0.6) is 0 Å². The quantitative estimate of drug-likeness (QED) is 0.329. The molecule has 0 aliphatic heterocycles. The number of carboxylic acids is 1. The van der Waals surface area contributed by atoms with Gasteiger partial charge < -0.3 is 10.4 Å².